The molecule has 4 amide bonds. The standard InChI is InChI=1S/C20H29N5O7S/c1-10(20(31)32)23-19(30)15(9-33)25-18(29)14(6-7-16(22)27)24-17(28)13(21)8-11-2-4-12(26)5-3-11/h2-5,10,13-15,26,33H,6-9,21H2,1H3,(H2,22,27)(H,23,30)(H,24,28)(H,25,29)(H,31,32). The Hall–Kier alpha value is -3.32. The summed E-state index contributed by atoms with van der Waals surface area (Å²) in [4.78, 5) is 59.6. The molecule has 1 rings (SSSR count). The minimum absolute atomic E-state index is 0.0560. The molecule has 0 radical (unpaired) electrons. The Labute approximate surface area is 195 Å². The molecule has 9 N–H and O–H groups in total. The number of nitrogens with two attached hydrogens (primary N) is 2. The molecule has 12 nitrogen and oxygen atoms in total. The first-order chi connectivity index (χ1) is 15.4. The molecule has 4 atom stereocenters. The number of phenols is 1. The quantitative estimate of drug-likeness (QED) is 0.147. The lowest BCUT2D eigenvalue weighted by Crippen LogP contribution is -2.57. The van der Waals surface area contributed by atoms with Crippen molar-refractivity contribution in [1.29, 1.82) is 0 Å². The van der Waals surface area contributed by atoms with Crippen LogP contribution in [0.5, 0.6) is 5.75 Å². The molecule has 0 spiro atoms. The third-order valence-corrected chi connectivity index (χ3v) is 4.95. The number of hydrogen-bond donors (Lipinski definition) is 8. The molecule has 1 aromatic carbocycles. The number of rotatable bonds is 13. The van der Waals surface area contributed by atoms with Gasteiger partial charge in [-0.1, -0.05) is 12.1 Å². The van der Waals surface area contributed by atoms with Crippen molar-refractivity contribution in [3.8, 4) is 5.75 Å². The summed E-state index contributed by atoms with van der Waals surface area (Å²) in [5.74, 6) is -4.31. The molecule has 0 aliphatic carbocycles. The second-order valence-corrected chi connectivity index (χ2v) is 7.72. The largest absolute Gasteiger partial charge is 0.508 e. The number of carboxylic acids is 1. The van der Waals surface area contributed by atoms with Gasteiger partial charge in [-0.3, -0.25) is 24.0 Å². The van der Waals surface area contributed by atoms with E-state index in [2.05, 4.69) is 28.6 Å². The molecule has 13 heteroatoms. The molecule has 33 heavy (non-hydrogen) atoms. The SMILES string of the molecule is CC(NC(=O)C(CS)NC(=O)C(CCC(N)=O)NC(=O)C(N)Cc1ccc(O)cc1)C(=O)O. The first-order valence-electron chi connectivity index (χ1n) is 10.0. The molecule has 0 saturated carbocycles. The van der Waals surface area contributed by atoms with Crippen LogP contribution in [0.4, 0.5) is 0 Å². The summed E-state index contributed by atoms with van der Waals surface area (Å²) in [6.07, 6.45) is -0.254. The van der Waals surface area contributed by atoms with Crippen LogP contribution in [0.2, 0.25) is 0 Å². The highest BCUT2D eigenvalue weighted by molar-refractivity contribution is 7.80. The van der Waals surface area contributed by atoms with Gasteiger partial charge in [0.15, 0.2) is 0 Å². The van der Waals surface area contributed by atoms with Gasteiger partial charge >= 0.3 is 5.97 Å². The summed E-state index contributed by atoms with van der Waals surface area (Å²) in [5.41, 5.74) is 11.7. The number of hydrogen-bond acceptors (Lipinski definition) is 8. The Morgan fingerprint density at radius 2 is 1.52 bits per heavy atom. The van der Waals surface area contributed by atoms with Crippen LogP contribution in [-0.4, -0.2) is 69.7 Å². The van der Waals surface area contributed by atoms with E-state index in [9.17, 15) is 29.1 Å². The van der Waals surface area contributed by atoms with Gasteiger partial charge in [0.05, 0.1) is 6.04 Å². The molecular weight excluding hydrogens is 454 g/mol. The second-order valence-electron chi connectivity index (χ2n) is 7.36. The van der Waals surface area contributed by atoms with Crippen molar-refractivity contribution in [3.63, 3.8) is 0 Å². The van der Waals surface area contributed by atoms with Crippen LogP contribution in [0.25, 0.3) is 0 Å². The van der Waals surface area contributed by atoms with E-state index in [-0.39, 0.29) is 30.8 Å². The summed E-state index contributed by atoms with van der Waals surface area (Å²) < 4.78 is 0. The van der Waals surface area contributed by atoms with Crippen LogP contribution in [0.1, 0.15) is 25.3 Å². The Morgan fingerprint density at radius 1 is 0.970 bits per heavy atom. The third-order valence-electron chi connectivity index (χ3n) is 4.59. The average molecular weight is 484 g/mol. The van der Waals surface area contributed by atoms with Crippen molar-refractivity contribution in [3.05, 3.63) is 29.8 Å². The van der Waals surface area contributed by atoms with E-state index in [0.717, 1.165) is 0 Å². The monoisotopic (exact) mass is 483 g/mol. The van der Waals surface area contributed by atoms with Crippen molar-refractivity contribution in [1.82, 2.24) is 16.0 Å². The summed E-state index contributed by atoms with van der Waals surface area (Å²) >= 11 is 4.00. The number of aliphatic carboxylic acids is 1. The van der Waals surface area contributed by atoms with Gasteiger partial charge in [0, 0.05) is 12.2 Å². The zero-order valence-corrected chi connectivity index (χ0v) is 18.9. The fraction of sp³-hybridized carbons (Fsp3) is 0.450. The highest BCUT2D eigenvalue weighted by atomic mass is 32.1. The van der Waals surface area contributed by atoms with Gasteiger partial charge in [-0.05, 0) is 37.5 Å². The van der Waals surface area contributed by atoms with Crippen molar-refractivity contribution >= 4 is 42.2 Å². The molecule has 0 bridgehead atoms. The lowest BCUT2D eigenvalue weighted by atomic mass is 10.0. The van der Waals surface area contributed by atoms with Crippen LogP contribution < -0.4 is 27.4 Å². The van der Waals surface area contributed by atoms with E-state index in [0.29, 0.717) is 5.56 Å². The number of phenolic OH excluding ortho intramolecular Hbond substituents is 1. The molecule has 0 heterocycles. The van der Waals surface area contributed by atoms with Crippen LogP contribution >= 0.6 is 12.6 Å². The van der Waals surface area contributed by atoms with Crippen LogP contribution in [-0.2, 0) is 30.4 Å². The zero-order chi connectivity index (χ0) is 25.1. The molecule has 0 aliphatic heterocycles. The Kier molecular flexibility index (Phi) is 11.2. The van der Waals surface area contributed by atoms with Crippen molar-refractivity contribution in [2.24, 2.45) is 11.5 Å². The lowest BCUT2D eigenvalue weighted by molar-refractivity contribution is -0.141. The van der Waals surface area contributed by atoms with Crippen LogP contribution in [0, 0.1) is 0 Å². The fourth-order valence-electron chi connectivity index (χ4n) is 2.65. The summed E-state index contributed by atoms with van der Waals surface area (Å²) in [6, 6.07) is 1.40. The number of carboxylic acid groups (broad SMARTS) is 1. The van der Waals surface area contributed by atoms with E-state index < -0.39 is 53.8 Å². The molecule has 0 fully saturated rings. The van der Waals surface area contributed by atoms with Crippen molar-refractivity contribution in [2.75, 3.05) is 5.75 Å². The predicted octanol–water partition coefficient (Wildman–Crippen LogP) is -1.98. The first kappa shape index (κ1) is 27.7. The van der Waals surface area contributed by atoms with Gasteiger partial charge in [0.1, 0.15) is 23.9 Å². The molecular formula is C20H29N5O7S. The van der Waals surface area contributed by atoms with Gasteiger partial charge in [0.2, 0.25) is 23.6 Å². The number of carbonyl (C=O) groups excluding carboxylic acids is 4. The molecule has 1 aromatic rings. The minimum atomic E-state index is -1.26. The number of benzene rings is 1. The molecule has 0 aliphatic rings. The summed E-state index contributed by atoms with van der Waals surface area (Å²) in [7, 11) is 0. The van der Waals surface area contributed by atoms with Gasteiger partial charge in [-0.15, -0.1) is 0 Å². The predicted molar refractivity (Wildman–Crippen MR) is 121 cm³/mol. The van der Waals surface area contributed by atoms with Crippen molar-refractivity contribution < 1.29 is 34.2 Å². The van der Waals surface area contributed by atoms with Crippen molar-refractivity contribution in [2.45, 2.75) is 50.4 Å². The summed E-state index contributed by atoms with van der Waals surface area (Å²) in [6.45, 7) is 1.25. The Bertz CT molecular complexity index is 865. The first-order valence-corrected chi connectivity index (χ1v) is 10.6. The molecule has 0 saturated heterocycles. The third kappa shape index (κ3) is 9.78. The topological polar surface area (TPSA) is 214 Å². The molecule has 4 unspecified atom stereocenters. The van der Waals surface area contributed by atoms with Gasteiger partial charge < -0.3 is 37.6 Å². The average Bonchev–Trinajstić information content (AvgIpc) is 2.75. The normalized spacial score (nSPS) is 14.3. The smallest absolute Gasteiger partial charge is 0.325 e. The number of thiol groups is 1. The number of amides is 4. The van der Waals surface area contributed by atoms with Gasteiger partial charge in [0.25, 0.3) is 0 Å². The highest BCUT2D eigenvalue weighted by Gasteiger charge is 2.29. The number of aromatic hydroxyl groups is 1. The van der Waals surface area contributed by atoms with E-state index in [1.54, 1.807) is 12.1 Å². The summed E-state index contributed by atoms with van der Waals surface area (Å²) in [5, 5.41) is 25.3. The maximum atomic E-state index is 12.7. The number of carbonyl (C=O) groups is 5. The lowest BCUT2D eigenvalue weighted by Gasteiger charge is -2.24. The fourth-order valence-corrected chi connectivity index (χ4v) is 2.91. The maximum Gasteiger partial charge on any atom is 0.325 e. The second kappa shape index (κ2) is 13.3. The van der Waals surface area contributed by atoms with Crippen LogP contribution in [0.15, 0.2) is 24.3 Å². The minimum Gasteiger partial charge on any atom is -0.508 e. The van der Waals surface area contributed by atoms with Crippen LogP contribution in [0.3, 0.4) is 0 Å². The van der Waals surface area contributed by atoms with E-state index in [4.69, 9.17) is 16.6 Å². The highest BCUT2D eigenvalue weighted by Crippen LogP contribution is 2.11. The Balaban J connectivity index is 2.84. The van der Waals surface area contributed by atoms with E-state index in [1.165, 1.54) is 19.1 Å². The number of primary amides is 1. The maximum absolute atomic E-state index is 12.7. The van der Waals surface area contributed by atoms with Gasteiger partial charge in [-0.2, -0.15) is 12.6 Å². The molecule has 182 valence electrons. The number of nitrogens with one attached hydrogen (secondary N) is 3. The zero-order valence-electron chi connectivity index (χ0n) is 18.0. The van der Waals surface area contributed by atoms with Gasteiger partial charge in [-0.25, -0.2) is 0 Å². The van der Waals surface area contributed by atoms with E-state index in [1.807, 2.05) is 0 Å². The molecule has 0 aromatic heterocycles. The van der Waals surface area contributed by atoms with E-state index >= 15 is 0 Å². The Morgan fingerprint density at radius 3 is 2.03 bits per heavy atom.